The fourth-order valence-corrected chi connectivity index (χ4v) is 2.65. The molecular weight excluding hydrogens is 244 g/mol. The summed E-state index contributed by atoms with van der Waals surface area (Å²) in [6.45, 7) is 0. The summed E-state index contributed by atoms with van der Waals surface area (Å²) in [5.41, 5.74) is 1.77. The highest BCUT2D eigenvalue weighted by atomic mass is 16.4. The Morgan fingerprint density at radius 3 is 2.74 bits per heavy atom. The van der Waals surface area contributed by atoms with E-state index in [0.29, 0.717) is 24.1 Å². The van der Waals surface area contributed by atoms with Gasteiger partial charge in [0, 0.05) is 5.56 Å². The second-order valence-electron chi connectivity index (χ2n) is 4.76. The van der Waals surface area contributed by atoms with Gasteiger partial charge in [-0.3, -0.25) is 14.7 Å². The number of rotatable bonds is 2. The molecule has 98 valence electrons. The first-order chi connectivity index (χ1) is 9.18. The van der Waals surface area contributed by atoms with Gasteiger partial charge >= 0.3 is 5.97 Å². The number of benzene rings is 1. The van der Waals surface area contributed by atoms with Gasteiger partial charge in [-0.25, -0.2) is 4.68 Å². The number of hydrogen-bond donors (Lipinski definition) is 2. The van der Waals surface area contributed by atoms with E-state index in [0.717, 1.165) is 12.1 Å². The van der Waals surface area contributed by atoms with Gasteiger partial charge in [0.2, 0.25) is 0 Å². The van der Waals surface area contributed by atoms with Crippen LogP contribution in [0.5, 0.6) is 0 Å². The molecule has 2 N–H and O–H groups in total. The van der Waals surface area contributed by atoms with Crippen molar-refractivity contribution < 1.29 is 9.90 Å². The zero-order chi connectivity index (χ0) is 13.4. The van der Waals surface area contributed by atoms with Gasteiger partial charge in [0.1, 0.15) is 0 Å². The third-order valence-corrected chi connectivity index (χ3v) is 3.60. The van der Waals surface area contributed by atoms with E-state index in [9.17, 15) is 14.7 Å². The van der Waals surface area contributed by atoms with Crippen molar-refractivity contribution >= 4 is 5.97 Å². The predicted octanol–water partition coefficient (Wildman–Crippen LogP) is 1.67. The highest BCUT2D eigenvalue weighted by molar-refractivity contribution is 5.76. The van der Waals surface area contributed by atoms with Crippen LogP contribution < -0.4 is 5.56 Å². The first-order valence-corrected chi connectivity index (χ1v) is 6.30. The lowest BCUT2D eigenvalue weighted by Gasteiger charge is -2.16. The summed E-state index contributed by atoms with van der Waals surface area (Å²) in [5.74, 6) is -1.47. The Hall–Kier alpha value is -2.30. The Morgan fingerprint density at radius 1 is 1.32 bits per heavy atom. The molecule has 1 aliphatic rings. The van der Waals surface area contributed by atoms with Crippen molar-refractivity contribution in [2.24, 2.45) is 0 Å². The summed E-state index contributed by atoms with van der Waals surface area (Å²) < 4.78 is 1.44. The van der Waals surface area contributed by atoms with Crippen LogP contribution in [0.1, 0.15) is 30.0 Å². The van der Waals surface area contributed by atoms with Crippen LogP contribution in [0.2, 0.25) is 0 Å². The van der Waals surface area contributed by atoms with Crippen molar-refractivity contribution in [2.75, 3.05) is 0 Å². The zero-order valence-corrected chi connectivity index (χ0v) is 10.3. The van der Waals surface area contributed by atoms with Gasteiger partial charge in [-0.1, -0.05) is 18.2 Å². The highest BCUT2D eigenvalue weighted by Gasteiger charge is 2.30. The van der Waals surface area contributed by atoms with Crippen LogP contribution in [0, 0.1) is 0 Å². The van der Waals surface area contributed by atoms with Crippen LogP contribution in [0.25, 0.3) is 5.69 Å². The van der Waals surface area contributed by atoms with Crippen LogP contribution in [-0.2, 0) is 11.2 Å². The molecule has 3 rings (SSSR count). The van der Waals surface area contributed by atoms with E-state index in [4.69, 9.17) is 0 Å². The maximum atomic E-state index is 12.3. The number of aromatic amines is 1. The van der Waals surface area contributed by atoms with E-state index >= 15 is 0 Å². The first kappa shape index (κ1) is 11.8. The minimum Gasteiger partial charge on any atom is -0.481 e. The standard InChI is InChI=1S/C14H14N2O3/c17-13-10-7-4-8-11(14(18)19)12(10)15-16(13)9-5-2-1-3-6-9/h1-3,5-6,11,15H,4,7-8H2,(H,18,19). The van der Waals surface area contributed by atoms with E-state index < -0.39 is 11.9 Å². The molecule has 1 heterocycles. The molecule has 0 radical (unpaired) electrons. The number of nitrogens with one attached hydrogen (secondary N) is 1. The zero-order valence-electron chi connectivity index (χ0n) is 10.3. The molecule has 0 bridgehead atoms. The van der Waals surface area contributed by atoms with Crippen molar-refractivity contribution in [3.8, 4) is 5.69 Å². The van der Waals surface area contributed by atoms with Gasteiger partial charge in [0.05, 0.1) is 17.3 Å². The van der Waals surface area contributed by atoms with E-state index in [1.54, 1.807) is 0 Å². The predicted molar refractivity (Wildman–Crippen MR) is 69.7 cm³/mol. The number of nitrogens with zero attached hydrogens (tertiary/aromatic N) is 1. The van der Waals surface area contributed by atoms with Crippen LogP contribution >= 0.6 is 0 Å². The molecule has 0 amide bonds. The first-order valence-electron chi connectivity index (χ1n) is 6.30. The van der Waals surface area contributed by atoms with Crippen molar-refractivity contribution in [1.29, 1.82) is 0 Å². The second-order valence-corrected chi connectivity index (χ2v) is 4.76. The van der Waals surface area contributed by atoms with E-state index in [2.05, 4.69) is 5.10 Å². The van der Waals surface area contributed by atoms with Crippen molar-refractivity contribution in [2.45, 2.75) is 25.2 Å². The van der Waals surface area contributed by atoms with Gasteiger partial charge in [-0.15, -0.1) is 0 Å². The summed E-state index contributed by atoms with van der Waals surface area (Å²) in [4.78, 5) is 23.6. The molecule has 1 atom stereocenters. The molecule has 1 aliphatic carbocycles. The maximum absolute atomic E-state index is 12.3. The number of carbonyl (C=O) groups is 1. The van der Waals surface area contributed by atoms with Crippen LogP contribution in [0.15, 0.2) is 35.1 Å². The lowest BCUT2D eigenvalue weighted by molar-refractivity contribution is -0.139. The molecule has 1 aromatic carbocycles. The molecule has 2 aromatic rings. The molecule has 0 spiro atoms. The minimum absolute atomic E-state index is 0.132. The summed E-state index contributed by atoms with van der Waals surface area (Å²) in [7, 11) is 0. The molecule has 19 heavy (non-hydrogen) atoms. The fourth-order valence-electron chi connectivity index (χ4n) is 2.65. The number of aromatic nitrogens is 2. The second kappa shape index (κ2) is 4.42. The van der Waals surface area contributed by atoms with Crippen LogP contribution in [-0.4, -0.2) is 20.9 Å². The average molecular weight is 258 g/mol. The summed E-state index contributed by atoms with van der Waals surface area (Å²) in [6.07, 6.45) is 1.97. The maximum Gasteiger partial charge on any atom is 0.312 e. The quantitative estimate of drug-likeness (QED) is 0.860. The molecule has 5 heteroatoms. The van der Waals surface area contributed by atoms with Gasteiger partial charge in [0.15, 0.2) is 0 Å². The number of H-pyrrole nitrogens is 1. The largest absolute Gasteiger partial charge is 0.481 e. The topological polar surface area (TPSA) is 75.1 Å². The smallest absolute Gasteiger partial charge is 0.312 e. The summed E-state index contributed by atoms with van der Waals surface area (Å²) in [6, 6.07) is 9.20. The Morgan fingerprint density at radius 2 is 2.05 bits per heavy atom. The molecule has 1 unspecified atom stereocenters. The minimum atomic E-state index is -0.873. The van der Waals surface area contributed by atoms with Crippen molar-refractivity contribution in [1.82, 2.24) is 9.78 Å². The molecule has 0 fully saturated rings. The number of carboxylic acid groups (broad SMARTS) is 1. The van der Waals surface area contributed by atoms with E-state index in [-0.39, 0.29) is 5.56 Å². The summed E-state index contributed by atoms with van der Waals surface area (Å²) >= 11 is 0. The Labute approximate surface area is 109 Å². The lowest BCUT2D eigenvalue weighted by atomic mass is 9.88. The highest BCUT2D eigenvalue weighted by Crippen LogP contribution is 2.29. The lowest BCUT2D eigenvalue weighted by Crippen LogP contribution is -2.21. The van der Waals surface area contributed by atoms with Gasteiger partial charge < -0.3 is 5.11 Å². The Kier molecular flexibility index (Phi) is 2.74. The third-order valence-electron chi connectivity index (χ3n) is 3.60. The van der Waals surface area contributed by atoms with E-state index in [1.165, 1.54) is 4.68 Å². The molecule has 5 nitrogen and oxygen atoms in total. The van der Waals surface area contributed by atoms with Crippen LogP contribution in [0.3, 0.4) is 0 Å². The number of fused-ring (bicyclic) bond motifs is 1. The van der Waals surface area contributed by atoms with Gasteiger partial charge in [0.25, 0.3) is 5.56 Å². The number of aliphatic carboxylic acids is 1. The summed E-state index contributed by atoms with van der Waals surface area (Å²) in [5, 5.41) is 12.2. The van der Waals surface area contributed by atoms with Gasteiger partial charge in [-0.2, -0.15) is 0 Å². The van der Waals surface area contributed by atoms with Crippen molar-refractivity contribution in [3.05, 3.63) is 51.9 Å². The molecule has 1 aromatic heterocycles. The van der Waals surface area contributed by atoms with Crippen LogP contribution in [0.4, 0.5) is 0 Å². The fraction of sp³-hybridized carbons (Fsp3) is 0.286. The average Bonchev–Trinajstić information content (AvgIpc) is 2.77. The monoisotopic (exact) mass is 258 g/mol. The Bertz CT molecular complexity index is 670. The number of carboxylic acids is 1. The molecule has 0 saturated heterocycles. The SMILES string of the molecule is O=C(O)C1CCCc2c1[nH]n(-c1ccccc1)c2=O. The normalized spacial score (nSPS) is 18.0. The molecule has 0 saturated carbocycles. The van der Waals surface area contributed by atoms with Crippen molar-refractivity contribution in [3.63, 3.8) is 0 Å². The molecule has 0 aliphatic heterocycles. The van der Waals surface area contributed by atoms with E-state index in [1.807, 2.05) is 30.3 Å². The molecular formula is C14H14N2O3. The van der Waals surface area contributed by atoms with Gasteiger partial charge in [-0.05, 0) is 31.4 Å². The third kappa shape index (κ3) is 1.87. The Balaban J connectivity index is 2.16. The number of hydrogen-bond acceptors (Lipinski definition) is 2. The number of para-hydroxylation sites is 1.